The van der Waals surface area contributed by atoms with Gasteiger partial charge in [0, 0.05) is 13.1 Å². The third kappa shape index (κ3) is 0.904. The molecular weight excluding hydrogens is 130 g/mol. The largest absolute Gasteiger partial charge is 0.480 e. The van der Waals surface area contributed by atoms with Crippen LogP contribution in [0.5, 0.6) is 0 Å². The van der Waals surface area contributed by atoms with Gasteiger partial charge in [0.25, 0.3) is 0 Å². The molecule has 2 aliphatic rings. The molecule has 1 aliphatic carbocycles. The Labute approximate surface area is 59.6 Å². The number of rotatable bonds is 2. The third-order valence-corrected chi connectivity index (χ3v) is 2.43. The lowest BCUT2D eigenvalue weighted by atomic mass is 9.97. The Morgan fingerprint density at radius 3 is 2.50 bits per heavy atom. The summed E-state index contributed by atoms with van der Waals surface area (Å²) in [6, 6.07) is 0. The van der Waals surface area contributed by atoms with Gasteiger partial charge in [0.2, 0.25) is 0 Å². The molecular formula is C7H11NO2. The second-order valence-electron chi connectivity index (χ2n) is 3.54. The minimum Gasteiger partial charge on any atom is -0.480 e. The van der Waals surface area contributed by atoms with Crippen LogP contribution in [0.25, 0.3) is 0 Å². The normalized spacial score (nSPS) is 28.0. The van der Waals surface area contributed by atoms with E-state index >= 15 is 0 Å². The highest BCUT2D eigenvalue weighted by atomic mass is 16.4. The Morgan fingerprint density at radius 1 is 1.50 bits per heavy atom. The number of carboxylic acid groups (broad SMARTS) is 1. The molecule has 0 unspecified atom stereocenters. The fraction of sp³-hybridized carbons (Fsp3) is 0.857. The van der Waals surface area contributed by atoms with E-state index in [0.29, 0.717) is 5.41 Å². The molecule has 0 aromatic carbocycles. The Bertz CT molecular complexity index is 166. The second kappa shape index (κ2) is 1.72. The van der Waals surface area contributed by atoms with Gasteiger partial charge in [0.15, 0.2) is 0 Å². The maximum atomic E-state index is 10.2. The highest BCUT2D eigenvalue weighted by molar-refractivity contribution is 5.69. The Balaban J connectivity index is 1.75. The molecule has 3 nitrogen and oxygen atoms in total. The summed E-state index contributed by atoms with van der Waals surface area (Å²) in [6.07, 6.45) is 2.65. The van der Waals surface area contributed by atoms with E-state index in [9.17, 15) is 4.79 Å². The molecule has 3 heteroatoms. The first-order chi connectivity index (χ1) is 4.70. The van der Waals surface area contributed by atoms with Crippen molar-refractivity contribution in [1.82, 2.24) is 4.90 Å². The number of carbonyl (C=O) groups is 1. The van der Waals surface area contributed by atoms with Crippen LogP contribution in [0.15, 0.2) is 0 Å². The number of aliphatic carboxylic acids is 1. The van der Waals surface area contributed by atoms with Crippen LogP contribution in [-0.2, 0) is 4.79 Å². The Hall–Kier alpha value is -0.570. The van der Waals surface area contributed by atoms with Gasteiger partial charge in [0.05, 0.1) is 6.54 Å². The number of carboxylic acids is 1. The topological polar surface area (TPSA) is 40.5 Å². The van der Waals surface area contributed by atoms with E-state index in [4.69, 9.17) is 5.11 Å². The van der Waals surface area contributed by atoms with Crippen LogP contribution in [0.2, 0.25) is 0 Å². The van der Waals surface area contributed by atoms with Gasteiger partial charge in [-0.25, -0.2) is 0 Å². The van der Waals surface area contributed by atoms with Crippen molar-refractivity contribution < 1.29 is 9.90 Å². The van der Waals surface area contributed by atoms with Crippen LogP contribution >= 0.6 is 0 Å². The summed E-state index contributed by atoms with van der Waals surface area (Å²) in [5, 5.41) is 8.40. The first kappa shape index (κ1) is 6.16. The van der Waals surface area contributed by atoms with Gasteiger partial charge < -0.3 is 5.11 Å². The maximum Gasteiger partial charge on any atom is 0.317 e. The van der Waals surface area contributed by atoms with Crippen LogP contribution in [0.1, 0.15) is 12.8 Å². The van der Waals surface area contributed by atoms with Gasteiger partial charge in [-0.3, -0.25) is 9.69 Å². The Kier molecular flexibility index (Phi) is 1.06. The van der Waals surface area contributed by atoms with Gasteiger partial charge in [-0.2, -0.15) is 0 Å². The average Bonchev–Trinajstić information content (AvgIpc) is 2.41. The molecule has 1 heterocycles. The van der Waals surface area contributed by atoms with E-state index in [2.05, 4.69) is 0 Å². The smallest absolute Gasteiger partial charge is 0.317 e. The Morgan fingerprint density at radius 2 is 2.10 bits per heavy atom. The fourth-order valence-electron chi connectivity index (χ4n) is 1.70. The number of nitrogens with zero attached hydrogens (tertiary/aromatic N) is 1. The van der Waals surface area contributed by atoms with Gasteiger partial charge in [-0.05, 0) is 18.3 Å². The molecule has 1 saturated heterocycles. The summed E-state index contributed by atoms with van der Waals surface area (Å²) in [5.41, 5.74) is 0.593. The molecule has 1 N–H and O–H groups in total. The first-order valence-electron chi connectivity index (χ1n) is 3.64. The van der Waals surface area contributed by atoms with E-state index in [1.165, 1.54) is 12.8 Å². The summed E-state index contributed by atoms with van der Waals surface area (Å²) < 4.78 is 0. The molecule has 1 spiro atoms. The van der Waals surface area contributed by atoms with E-state index < -0.39 is 5.97 Å². The summed E-state index contributed by atoms with van der Waals surface area (Å²) in [5.74, 6) is -0.699. The summed E-state index contributed by atoms with van der Waals surface area (Å²) in [7, 11) is 0. The zero-order chi connectivity index (χ0) is 7.19. The minimum absolute atomic E-state index is 0.238. The van der Waals surface area contributed by atoms with Crippen molar-refractivity contribution in [2.75, 3.05) is 19.6 Å². The molecule has 2 fully saturated rings. The third-order valence-electron chi connectivity index (χ3n) is 2.43. The van der Waals surface area contributed by atoms with Gasteiger partial charge in [-0.1, -0.05) is 0 Å². The van der Waals surface area contributed by atoms with Crippen LogP contribution in [0.3, 0.4) is 0 Å². The fourth-order valence-corrected chi connectivity index (χ4v) is 1.70. The predicted molar refractivity (Wildman–Crippen MR) is 35.7 cm³/mol. The lowest BCUT2D eigenvalue weighted by Gasteiger charge is -2.38. The van der Waals surface area contributed by atoms with Crippen LogP contribution < -0.4 is 0 Å². The molecule has 10 heavy (non-hydrogen) atoms. The van der Waals surface area contributed by atoms with Crippen LogP contribution in [0, 0.1) is 5.41 Å². The van der Waals surface area contributed by atoms with Crippen molar-refractivity contribution >= 4 is 5.97 Å². The molecule has 1 aliphatic heterocycles. The number of hydrogen-bond donors (Lipinski definition) is 1. The maximum absolute atomic E-state index is 10.2. The molecule has 0 aromatic rings. The molecule has 0 atom stereocenters. The average molecular weight is 141 g/mol. The lowest BCUT2D eigenvalue weighted by molar-refractivity contribution is -0.140. The monoisotopic (exact) mass is 141 g/mol. The second-order valence-corrected chi connectivity index (χ2v) is 3.54. The summed E-state index contributed by atoms with van der Waals surface area (Å²) in [6.45, 7) is 2.29. The molecule has 56 valence electrons. The summed E-state index contributed by atoms with van der Waals surface area (Å²) >= 11 is 0. The minimum atomic E-state index is -0.699. The van der Waals surface area contributed by atoms with Gasteiger partial charge in [0.1, 0.15) is 0 Å². The highest BCUT2D eigenvalue weighted by Gasteiger charge is 2.52. The highest BCUT2D eigenvalue weighted by Crippen LogP contribution is 2.52. The van der Waals surface area contributed by atoms with Crippen molar-refractivity contribution in [2.45, 2.75) is 12.8 Å². The van der Waals surface area contributed by atoms with Crippen molar-refractivity contribution in [2.24, 2.45) is 5.41 Å². The molecule has 0 radical (unpaired) electrons. The molecule has 0 aromatic heterocycles. The number of likely N-dealkylation sites (tertiary alicyclic amines) is 1. The van der Waals surface area contributed by atoms with E-state index in [1.807, 2.05) is 4.90 Å². The molecule has 1 saturated carbocycles. The lowest BCUT2D eigenvalue weighted by Crippen LogP contribution is -2.50. The summed E-state index contributed by atoms with van der Waals surface area (Å²) in [4.78, 5) is 12.2. The van der Waals surface area contributed by atoms with Crippen LogP contribution in [-0.4, -0.2) is 35.6 Å². The van der Waals surface area contributed by atoms with Gasteiger partial charge in [-0.15, -0.1) is 0 Å². The van der Waals surface area contributed by atoms with Crippen LogP contribution in [0.4, 0.5) is 0 Å². The SMILES string of the molecule is O=C(O)CN1CC2(CC2)C1. The molecule has 0 bridgehead atoms. The molecule has 0 amide bonds. The van der Waals surface area contributed by atoms with Crippen molar-refractivity contribution in [1.29, 1.82) is 0 Å². The van der Waals surface area contributed by atoms with Crippen molar-refractivity contribution in [3.63, 3.8) is 0 Å². The van der Waals surface area contributed by atoms with Crippen molar-refractivity contribution in [3.8, 4) is 0 Å². The zero-order valence-electron chi connectivity index (χ0n) is 5.84. The molecule has 2 rings (SSSR count). The van der Waals surface area contributed by atoms with Crippen molar-refractivity contribution in [3.05, 3.63) is 0 Å². The zero-order valence-corrected chi connectivity index (χ0v) is 5.84. The van der Waals surface area contributed by atoms with Gasteiger partial charge >= 0.3 is 5.97 Å². The standard InChI is InChI=1S/C7H11NO2/c9-6(10)3-8-4-7(5-8)1-2-7/h1-5H2,(H,9,10). The quantitative estimate of drug-likeness (QED) is 0.595. The first-order valence-corrected chi connectivity index (χ1v) is 3.64. The van der Waals surface area contributed by atoms with E-state index in [-0.39, 0.29) is 6.54 Å². The predicted octanol–water partition coefficient (Wildman–Crippen LogP) is 0.167. The van der Waals surface area contributed by atoms with E-state index in [1.54, 1.807) is 0 Å². The number of hydrogen-bond acceptors (Lipinski definition) is 2. The van der Waals surface area contributed by atoms with E-state index in [0.717, 1.165) is 13.1 Å².